The molecule has 0 saturated carbocycles. The molecule has 0 bridgehead atoms. The Balaban J connectivity index is 3.02. The number of nitrogens with one attached hydrogen (secondary N) is 1. The van der Waals surface area contributed by atoms with Crippen LogP contribution in [0.4, 0.5) is 5.69 Å². The molecule has 0 aliphatic heterocycles. The normalized spacial score (nSPS) is 11.4. The predicted molar refractivity (Wildman–Crippen MR) is 71.4 cm³/mol. The Labute approximate surface area is 114 Å². The summed E-state index contributed by atoms with van der Waals surface area (Å²) >= 11 is 3.19. The van der Waals surface area contributed by atoms with E-state index in [1.165, 1.54) is 12.1 Å². The van der Waals surface area contributed by atoms with Gasteiger partial charge in [0.05, 0.1) is 9.82 Å². The van der Waals surface area contributed by atoms with Crippen LogP contribution >= 0.6 is 15.9 Å². The average molecular weight is 337 g/mol. The van der Waals surface area contributed by atoms with E-state index in [0.717, 1.165) is 6.07 Å². The highest BCUT2D eigenvalue weighted by molar-refractivity contribution is 9.09. The molecule has 1 rings (SSSR count). The molecule has 18 heavy (non-hydrogen) atoms. The molecule has 0 atom stereocenters. The van der Waals surface area contributed by atoms with E-state index in [2.05, 4.69) is 20.7 Å². The summed E-state index contributed by atoms with van der Waals surface area (Å²) in [5, 5.41) is 11.4. The van der Waals surface area contributed by atoms with Crippen LogP contribution in [0.1, 0.15) is 12.0 Å². The van der Waals surface area contributed by atoms with Gasteiger partial charge in [0.1, 0.15) is 0 Å². The largest absolute Gasteiger partial charge is 0.273 e. The molecule has 0 heterocycles. The molecule has 0 saturated heterocycles. The van der Waals surface area contributed by atoms with E-state index in [1.807, 2.05) is 0 Å². The molecule has 0 amide bonds. The smallest absolute Gasteiger partial charge is 0.258 e. The van der Waals surface area contributed by atoms with Gasteiger partial charge >= 0.3 is 0 Å². The zero-order chi connectivity index (χ0) is 13.8. The van der Waals surface area contributed by atoms with E-state index in [1.54, 1.807) is 6.92 Å². The van der Waals surface area contributed by atoms with E-state index in [0.29, 0.717) is 17.3 Å². The number of nitro benzene ring substituents is 1. The summed E-state index contributed by atoms with van der Waals surface area (Å²) in [7, 11) is -3.68. The summed E-state index contributed by atoms with van der Waals surface area (Å²) < 4.78 is 26.1. The van der Waals surface area contributed by atoms with Crippen LogP contribution in [0.15, 0.2) is 23.1 Å². The fraction of sp³-hybridized carbons (Fsp3) is 0.400. The van der Waals surface area contributed by atoms with Crippen LogP contribution in [0.25, 0.3) is 0 Å². The Morgan fingerprint density at radius 1 is 1.44 bits per heavy atom. The van der Waals surface area contributed by atoms with Crippen LogP contribution in [-0.4, -0.2) is 25.2 Å². The van der Waals surface area contributed by atoms with Crippen molar-refractivity contribution < 1.29 is 13.3 Å². The summed E-state index contributed by atoms with van der Waals surface area (Å²) in [5.41, 5.74) is 0.234. The Bertz CT molecular complexity index is 545. The third-order valence-corrected chi connectivity index (χ3v) is 4.31. The van der Waals surface area contributed by atoms with Crippen molar-refractivity contribution in [1.29, 1.82) is 0 Å². The molecule has 6 nitrogen and oxygen atoms in total. The van der Waals surface area contributed by atoms with E-state index in [9.17, 15) is 18.5 Å². The van der Waals surface area contributed by atoms with Gasteiger partial charge in [-0.1, -0.05) is 22.0 Å². The quantitative estimate of drug-likeness (QED) is 0.372. The molecule has 0 unspecified atom stereocenters. The van der Waals surface area contributed by atoms with E-state index >= 15 is 0 Å². The molecular weight excluding hydrogens is 324 g/mol. The fourth-order valence-electron chi connectivity index (χ4n) is 1.31. The fourth-order valence-corrected chi connectivity index (χ4v) is 2.68. The minimum atomic E-state index is -3.68. The summed E-state index contributed by atoms with van der Waals surface area (Å²) in [6, 6.07) is 3.86. The SMILES string of the molecule is Cc1ccc(S(=O)(=O)NCCCBr)cc1[N+](=O)[O-]. The molecule has 0 radical (unpaired) electrons. The first kappa shape index (κ1) is 15.1. The van der Waals surface area contributed by atoms with Crippen molar-refractivity contribution in [1.82, 2.24) is 4.72 Å². The number of nitro groups is 1. The molecular formula is C10H13BrN2O4S. The minimum Gasteiger partial charge on any atom is -0.258 e. The lowest BCUT2D eigenvalue weighted by Crippen LogP contribution is -2.25. The van der Waals surface area contributed by atoms with Gasteiger partial charge in [-0.05, 0) is 19.4 Å². The summed E-state index contributed by atoms with van der Waals surface area (Å²) in [6.45, 7) is 1.85. The number of sulfonamides is 1. The standard InChI is InChI=1S/C10H13BrN2O4S/c1-8-3-4-9(7-10(8)13(14)15)18(16,17)12-6-2-5-11/h3-4,7,12H,2,5-6H2,1H3. The molecule has 0 aliphatic carbocycles. The highest BCUT2D eigenvalue weighted by Crippen LogP contribution is 2.21. The minimum absolute atomic E-state index is 0.0885. The van der Waals surface area contributed by atoms with Gasteiger partial charge < -0.3 is 0 Å². The second kappa shape index (κ2) is 6.26. The molecule has 0 aromatic heterocycles. The van der Waals surface area contributed by atoms with Crippen LogP contribution < -0.4 is 4.72 Å². The van der Waals surface area contributed by atoms with Crippen molar-refractivity contribution in [2.45, 2.75) is 18.2 Å². The first-order chi connectivity index (χ1) is 8.38. The number of aryl methyl sites for hydroxylation is 1. The van der Waals surface area contributed by atoms with Crippen molar-refractivity contribution in [3.05, 3.63) is 33.9 Å². The molecule has 0 aliphatic rings. The molecule has 1 N–H and O–H groups in total. The molecule has 1 aromatic carbocycles. The van der Waals surface area contributed by atoms with Gasteiger partial charge in [-0.3, -0.25) is 10.1 Å². The van der Waals surface area contributed by atoms with Gasteiger partial charge in [-0.15, -0.1) is 0 Å². The maximum Gasteiger partial charge on any atom is 0.273 e. The second-order valence-electron chi connectivity index (χ2n) is 3.65. The maximum absolute atomic E-state index is 11.8. The van der Waals surface area contributed by atoms with Crippen molar-refractivity contribution in [3.8, 4) is 0 Å². The third kappa shape index (κ3) is 3.76. The van der Waals surface area contributed by atoms with Crippen molar-refractivity contribution in [2.24, 2.45) is 0 Å². The van der Waals surface area contributed by atoms with E-state index in [4.69, 9.17) is 0 Å². The molecule has 1 aromatic rings. The van der Waals surface area contributed by atoms with Crippen LogP contribution in [0.5, 0.6) is 0 Å². The summed E-state index contributed by atoms with van der Waals surface area (Å²) in [6.07, 6.45) is 0.646. The first-order valence-electron chi connectivity index (χ1n) is 5.19. The Morgan fingerprint density at radius 3 is 2.67 bits per heavy atom. The second-order valence-corrected chi connectivity index (χ2v) is 6.21. The number of rotatable bonds is 6. The number of hydrogen-bond donors (Lipinski definition) is 1. The first-order valence-corrected chi connectivity index (χ1v) is 7.79. The van der Waals surface area contributed by atoms with Crippen LogP contribution in [0.3, 0.4) is 0 Å². The monoisotopic (exact) mass is 336 g/mol. The van der Waals surface area contributed by atoms with Crippen LogP contribution in [0.2, 0.25) is 0 Å². The number of alkyl halides is 1. The van der Waals surface area contributed by atoms with Crippen molar-refractivity contribution in [2.75, 3.05) is 11.9 Å². The topological polar surface area (TPSA) is 89.3 Å². The molecule has 100 valence electrons. The van der Waals surface area contributed by atoms with Gasteiger partial charge in [-0.2, -0.15) is 0 Å². The number of hydrogen-bond acceptors (Lipinski definition) is 4. The van der Waals surface area contributed by atoms with Crippen LogP contribution in [-0.2, 0) is 10.0 Å². The Morgan fingerprint density at radius 2 is 2.11 bits per heavy atom. The Hall–Kier alpha value is -0.990. The van der Waals surface area contributed by atoms with Crippen molar-refractivity contribution in [3.63, 3.8) is 0 Å². The lowest BCUT2D eigenvalue weighted by Gasteiger charge is -2.06. The predicted octanol–water partition coefficient (Wildman–Crippen LogP) is 1.97. The van der Waals surface area contributed by atoms with Gasteiger partial charge in [0.2, 0.25) is 10.0 Å². The van der Waals surface area contributed by atoms with E-state index < -0.39 is 14.9 Å². The number of halogens is 1. The zero-order valence-electron chi connectivity index (χ0n) is 9.72. The maximum atomic E-state index is 11.8. The van der Waals surface area contributed by atoms with Gasteiger partial charge in [0.25, 0.3) is 5.69 Å². The van der Waals surface area contributed by atoms with E-state index in [-0.39, 0.29) is 17.1 Å². The highest BCUT2D eigenvalue weighted by Gasteiger charge is 2.19. The number of benzene rings is 1. The summed E-state index contributed by atoms with van der Waals surface area (Å²) in [5.74, 6) is 0. The van der Waals surface area contributed by atoms with Gasteiger partial charge in [0, 0.05) is 23.5 Å². The zero-order valence-corrected chi connectivity index (χ0v) is 12.1. The van der Waals surface area contributed by atoms with Gasteiger partial charge in [-0.25, -0.2) is 13.1 Å². The summed E-state index contributed by atoms with van der Waals surface area (Å²) in [4.78, 5) is 10.1. The highest BCUT2D eigenvalue weighted by atomic mass is 79.9. The van der Waals surface area contributed by atoms with Crippen LogP contribution in [0, 0.1) is 17.0 Å². The van der Waals surface area contributed by atoms with Crippen molar-refractivity contribution >= 4 is 31.6 Å². The lowest BCUT2D eigenvalue weighted by molar-refractivity contribution is -0.385. The third-order valence-electron chi connectivity index (χ3n) is 2.29. The Kier molecular flexibility index (Phi) is 5.24. The molecule has 8 heteroatoms. The van der Waals surface area contributed by atoms with Gasteiger partial charge in [0.15, 0.2) is 0 Å². The lowest BCUT2D eigenvalue weighted by atomic mass is 10.2. The molecule has 0 fully saturated rings. The average Bonchev–Trinajstić information content (AvgIpc) is 2.29. The number of nitrogens with zero attached hydrogens (tertiary/aromatic N) is 1. The molecule has 0 spiro atoms.